The van der Waals surface area contributed by atoms with E-state index >= 15 is 0 Å². The largest absolute Gasteiger partial charge is 0.384 e. The number of rotatable bonds is 4. The SMILES string of the molecule is C[C@](O)(CNc1ncccc1C#N)c1ccsc1. The molecule has 0 unspecified atom stereocenters. The Hall–Kier alpha value is -1.90. The van der Waals surface area contributed by atoms with Gasteiger partial charge in [0, 0.05) is 12.7 Å². The maximum atomic E-state index is 10.3. The van der Waals surface area contributed by atoms with Crippen LogP contribution < -0.4 is 5.32 Å². The predicted octanol–water partition coefficient (Wildman–Crippen LogP) is 2.33. The van der Waals surface area contributed by atoms with Crippen molar-refractivity contribution in [3.63, 3.8) is 0 Å². The van der Waals surface area contributed by atoms with E-state index in [1.54, 1.807) is 36.6 Å². The van der Waals surface area contributed by atoms with Crippen molar-refractivity contribution in [1.29, 1.82) is 5.26 Å². The van der Waals surface area contributed by atoms with E-state index in [0.29, 0.717) is 17.9 Å². The minimum atomic E-state index is -0.982. The Morgan fingerprint density at radius 3 is 3.06 bits per heavy atom. The van der Waals surface area contributed by atoms with E-state index in [4.69, 9.17) is 5.26 Å². The van der Waals surface area contributed by atoms with Gasteiger partial charge in [-0.15, -0.1) is 0 Å². The molecule has 0 aliphatic carbocycles. The summed E-state index contributed by atoms with van der Waals surface area (Å²) in [5.41, 5.74) is 0.345. The van der Waals surface area contributed by atoms with Crippen LogP contribution in [-0.4, -0.2) is 16.6 Å². The molecule has 18 heavy (non-hydrogen) atoms. The Balaban J connectivity index is 2.10. The van der Waals surface area contributed by atoms with Gasteiger partial charge in [-0.2, -0.15) is 16.6 Å². The van der Waals surface area contributed by atoms with E-state index in [0.717, 1.165) is 5.56 Å². The van der Waals surface area contributed by atoms with E-state index in [2.05, 4.69) is 16.4 Å². The van der Waals surface area contributed by atoms with E-state index < -0.39 is 5.60 Å². The number of nitriles is 1. The minimum Gasteiger partial charge on any atom is -0.384 e. The molecule has 4 nitrogen and oxygen atoms in total. The number of thiophene rings is 1. The highest BCUT2D eigenvalue weighted by Crippen LogP contribution is 2.23. The van der Waals surface area contributed by atoms with Gasteiger partial charge in [0.25, 0.3) is 0 Å². The van der Waals surface area contributed by atoms with Gasteiger partial charge in [0.2, 0.25) is 0 Å². The van der Waals surface area contributed by atoms with Crippen LogP contribution in [0.15, 0.2) is 35.2 Å². The Morgan fingerprint density at radius 1 is 1.56 bits per heavy atom. The zero-order valence-electron chi connectivity index (χ0n) is 9.92. The standard InChI is InChI=1S/C13H13N3OS/c1-13(17,11-4-6-18-8-11)9-16-12-10(7-14)3-2-5-15-12/h2-6,8,17H,9H2,1H3,(H,15,16)/t13-/m0/s1. The Kier molecular flexibility index (Phi) is 3.60. The second kappa shape index (κ2) is 5.17. The molecule has 0 saturated heterocycles. The molecule has 5 heteroatoms. The van der Waals surface area contributed by atoms with Gasteiger partial charge in [-0.25, -0.2) is 4.98 Å². The van der Waals surface area contributed by atoms with Gasteiger partial charge in [0.05, 0.1) is 5.56 Å². The molecular formula is C13H13N3OS. The molecule has 0 aromatic carbocycles. The maximum Gasteiger partial charge on any atom is 0.143 e. The summed E-state index contributed by atoms with van der Waals surface area (Å²) in [6.07, 6.45) is 1.61. The van der Waals surface area contributed by atoms with Crippen LogP contribution in [0.1, 0.15) is 18.1 Å². The first-order valence-corrected chi connectivity index (χ1v) is 6.42. The second-order valence-corrected chi connectivity index (χ2v) is 4.93. The molecule has 0 amide bonds. The van der Waals surface area contributed by atoms with Crippen LogP contribution in [0.25, 0.3) is 0 Å². The molecule has 0 spiro atoms. The number of nitrogens with zero attached hydrogens (tertiary/aromatic N) is 2. The third kappa shape index (κ3) is 2.67. The van der Waals surface area contributed by atoms with Gasteiger partial charge in [0.15, 0.2) is 0 Å². The fraction of sp³-hybridized carbons (Fsp3) is 0.231. The number of nitrogens with one attached hydrogen (secondary N) is 1. The fourth-order valence-corrected chi connectivity index (χ4v) is 2.35. The molecule has 92 valence electrons. The number of hydrogen-bond acceptors (Lipinski definition) is 5. The highest BCUT2D eigenvalue weighted by Gasteiger charge is 2.23. The van der Waals surface area contributed by atoms with Crippen molar-refractivity contribution in [2.75, 3.05) is 11.9 Å². The Bertz CT molecular complexity index is 558. The zero-order valence-corrected chi connectivity index (χ0v) is 10.7. The summed E-state index contributed by atoms with van der Waals surface area (Å²) in [4.78, 5) is 4.09. The van der Waals surface area contributed by atoms with Crippen molar-refractivity contribution in [3.8, 4) is 6.07 Å². The van der Waals surface area contributed by atoms with E-state index in [1.165, 1.54) is 0 Å². The lowest BCUT2D eigenvalue weighted by atomic mass is 9.99. The number of pyridine rings is 1. The summed E-state index contributed by atoms with van der Waals surface area (Å²) >= 11 is 1.54. The van der Waals surface area contributed by atoms with Crippen molar-refractivity contribution in [2.45, 2.75) is 12.5 Å². The van der Waals surface area contributed by atoms with Crippen LogP contribution in [0.4, 0.5) is 5.82 Å². The van der Waals surface area contributed by atoms with Crippen LogP contribution >= 0.6 is 11.3 Å². The second-order valence-electron chi connectivity index (χ2n) is 4.15. The van der Waals surface area contributed by atoms with E-state index in [-0.39, 0.29) is 0 Å². The summed E-state index contributed by atoms with van der Waals surface area (Å²) in [5, 5.41) is 26.1. The molecule has 0 fully saturated rings. The molecule has 2 aromatic heterocycles. The van der Waals surface area contributed by atoms with Crippen molar-refractivity contribution < 1.29 is 5.11 Å². The van der Waals surface area contributed by atoms with Gasteiger partial charge in [-0.1, -0.05) is 0 Å². The smallest absolute Gasteiger partial charge is 0.143 e. The summed E-state index contributed by atoms with van der Waals surface area (Å²) in [6, 6.07) is 7.35. The number of anilines is 1. The van der Waals surface area contributed by atoms with Crippen LogP contribution in [0.2, 0.25) is 0 Å². The fourth-order valence-electron chi connectivity index (χ4n) is 1.57. The lowest BCUT2D eigenvalue weighted by Crippen LogP contribution is -2.30. The Labute approximate surface area is 110 Å². The topological polar surface area (TPSA) is 68.9 Å². The van der Waals surface area contributed by atoms with Gasteiger partial charge in [0.1, 0.15) is 17.5 Å². The summed E-state index contributed by atoms with van der Waals surface area (Å²) < 4.78 is 0. The van der Waals surface area contributed by atoms with Crippen LogP contribution in [0.3, 0.4) is 0 Å². The van der Waals surface area contributed by atoms with E-state index in [1.807, 2.05) is 16.8 Å². The summed E-state index contributed by atoms with van der Waals surface area (Å²) in [5.74, 6) is 0.496. The van der Waals surface area contributed by atoms with Gasteiger partial charge in [-0.3, -0.25) is 0 Å². The number of aliphatic hydroxyl groups is 1. The quantitative estimate of drug-likeness (QED) is 0.884. The molecule has 0 aliphatic rings. The lowest BCUT2D eigenvalue weighted by molar-refractivity contribution is 0.0719. The minimum absolute atomic E-state index is 0.301. The molecule has 0 saturated carbocycles. The molecular weight excluding hydrogens is 246 g/mol. The molecule has 1 atom stereocenters. The summed E-state index contributed by atoms with van der Waals surface area (Å²) in [6.45, 7) is 2.03. The van der Waals surface area contributed by atoms with Crippen molar-refractivity contribution >= 4 is 17.2 Å². The van der Waals surface area contributed by atoms with Crippen LogP contribution in [-0.2, 0) is 5.60 Å². The molecule has 0 bridgehead atoms. The van der Waals surface area contributed by atoms with Crippen molar-refractivity contribution in [2.24, 2.45) is 0 Å². The Morgan fingerprint density at radius 2 is 2.39 bits per heavy atom. The first-order valence-electron chi connectivity index (χ1n) is 5.47. The number of hydrogen-bond donors (Lipinski definition) is 2. The summed E-state index contributed by atoms with van der Waals surface area (Å²) in [7, 11) is 0. The molecule has 0 aliphatic heterocycles. The van der Waals surface area contributed by atoms with Crippen molar-refractivity contribution in [3.05, 3.63) is 46.3 Å². The maximum absolute atomic E-state index is 10.3. The molecule has 2 N–H and O–H groups in total. The molecule has 2 rings (SSSR count). The highest BCUT2D eigenvalue weighted by molar-refractivity contribution is 7.08. The average molecular weight is 259 g/mol. The van der Waals surface area contributed by atoms with Gasteiger partial charge < -0.3 is 10.4 Å². The predicted molar refractivity (Wildman–Crippen MR) is 71.3 cm³/mol. The van der Waals surface area contributed by atoms with Crippen LogP contribution in [0.5, 0.6) is 0 Å². The third-order valence-electron chi connectivity index (χ3n) is 2.67. The highest BCUT2D eigenvalue weighted by atomic mass is 32.1. The van der Waals surface area contributed by atoms with Crippen LogP contribution in [0, 0.1) is 11.3 Å². The van der Waals surface area contributed by atoms with Crippen molar-refractivity contribution in [1.82, 2.24) is 4.98 Å². The first-order chi connectivity index (χ1) is 8.63. The monoisotopic (exact) mass is 259 g/mol. The van der Waals surface area contributed by atoms with Gasteiger partial charge in [-0.05, 0) is 41.4 Å². The third-order valence-corrected chi connectivity index (χ3v) is 3.35. The van der Waals surface area contributed by atoms with Gasteiger partial charge >= 0.3 is 0 Å². The zero-order chi connectivity index (χ0) is 13.0. The lowest BCUT2D eigenvalue weighted by Gasteiger charge is -2.23. The molecule has 2 heterocycles. The molecule has 0 radical (unpaired) electrons. The van der Waals surface area contributed by atoms with E-state index in [9.17, 15) is 5.11 Å². The number of aromatic nitrogens is 1. The normalized spacial score (nSPS) is 13.6. The average Bonchev–Trinajstić information content (AvgIpc) is 2.91. The first kappa shape index (κ1) is 12.6. The molecule has 2 aromatic rings.